The molecule has 1 aromatic rings. The fraction of sp³-hybridized carbons (Fsp3) is 0.688. The first kappa shape index (κ1) is 15.6. The number of hydrogen-bond acceptors (Lipinski definition) is 3. The lowest BCUT2D eigenvalue weighted by Crippen LogP contribution is -2.35. The highest BCUT2D eigenvalue weighted by Crippen LogP contribution is 2.22. The maximum absolute atomic E-state index is 6.28. The van der Waals surface area contributed by atoms with Gasteiger partial charge in [0.05, 0.1) is 10.7 Å². The predicted molar refractivity (Wildman–Crippen MR) is 86.5 cm³/mol. The van der Waals surface area contributed by atoms with Gasteiger partial charge in [-0.1, -0.05) is 24.4 Å². The number of pyridine rings is 1. The number of nitrogens with zero attached hydrogens (tertiary/aromatic N) is 2. The summed E-state index contributed by atoms with van der Waals surface area (Å²) in [6.45, 7) is 9.39. The molecule has 2 rings (SSSR count). The molecule has 0 aliphatic carbocycles. The summed E-state index contributed by atoms with van der Waals surface area (Å²) in [5.41, 5.74) is 1.02. The van der Waals surface area contributed by atoms with Gasteiger partial charge < -0.3 is 10.2 Å². The van der Waals surface area contributed by atoms with Crippen molar-refractivity contribution in [2.24, 2.45) is 0 Å². The summed E-state index contributed by atoms with van der Waals surface area (Å²) >= 11 is 6.28. The molecule has 0 amide bonds. The van der Waals surface area contributed by atoms with Gasteiger partial charge in [0, 0.05) is 25.2 Å². The molecule has 1 aromatic heterocycles. The van der Waals surface area contributed by atoms with E-state index in [0.717, 1.165) is 29.6 Å². The molecule has 0 aromatic carbocycles. The molecule has 1 fully saturated rings. The van der Waals surface area contributed by atoms with E-state index in [4.69, 9.17) is 16.6 Å². The van der Waals surface area contributed by atoms with Gasteiger partial charge in [-0.2, -0.15) is 0 Å². The largest absolute Gasteiger partial charge is 0.357 e. The van der Waals surface area contributed by atoms with Crippen LogP contribution >= 0.6 is 11.6 Å². The lowest BCUT2D eigenvalue weighted by molar-refractivity contribution is 0.421. The quantitative estimate of drug-likeness (QED) is 0.913. The maximum Gasteiger partial charge on any atom is 0.128 e. The molecule has 4 heteroatoms. The van der Waals surface area contributed by atoms with Crippen LogP contribution in [0.2, 0.25) is 5.02 Å². The van der Waals surface area contributed by atoms with E-state index in [9.17, 15) is 0 Å². The van der Waals surface area contributed by atoms with E-state index in [0.29, 0.717) is 6.54 Å². The van der Waals surface area contributed by atoms with Crippen molar-refractivity contribution in [3.05, 3.63) is 22.8 Å². The van der Waals surface area contributed by atoms with E-state index in [-0.39, 0.29) is 5.54 Å². The third-order valence-electron chi connectivity index (χ3n) is 3.62. The van der Waals surface area contributed by atoms with Crippen LogP contribution in [0.15, 0.2) is 12.1 Å². The zero-order chi connectivity index (χ0) is 14.6. The van der Waals surface area contributed by atoms with Crippen LogP contribution in [0.1, 0.15) is 52.1 Å². The van der Waals surface area contributed by atoms with Crippen LogP contribution in [0.5, 0.6) is 0 Å². The van der Waals surface area contributed by atoms with Gasteiger partial charge in [-0.3, -0.25) is 0 Å². The SMILES string of the molecule is CC(C)(C)NCc1nc(N2CCCCCC2)ccc1Cl. The fourth-order valence-electron chi connectivity index (χ4n) is 2.42. The zero-order valence-electron chi connectivity index (χ0n) is 12.9. The van der Waals surface area contributed by atoms with Crippen molar-refractivity contribution >= 4 is 17.4 Å². The van der Waals surface area contributed by atoms with Crippen LogP contribution < -0.4 is 10.2 Å². The Morgan fingerprint density at radius 3 is 2.40 bits per heavy atom. The van der Waals surface area contributed by atoms with Gasteiger partial charge in [-0.05, 0) is 45.7 Å². The first-order valence-electron chi connectivity index (χ1n) is 7.61. The second-order valence-electron chi connectivity index (χ2n) is 6.60. The van der Waals surface area contributed by atoms with E-state index in [2.05, 4.69) is 31.0 Å². The van der Waals surface area contributed by atoms with Gasteiger partial charge >= 0.3 is 0 Å². The topological polar surface area (TPSA) is 28.2 Å². The molecule has 1 N–H and O–H groups in total. The van der Waals surface area contributed by atoms with Crippen molar-refractivity contribution in [1.82, 2.24) is 10.3 Å². The molecule has 1 saturated heterocycles. The molecule has 3 nitrogen and oxygen atoms in total. The molecular formula is C16H26ClN3. The Balaban J connectivity index is 2.10. The van der Waals surface area contributed by atoms with Crippen LogP contribution in [0.4, 0.5) is 5.82 Å². The van der Waals surface area contributed by atoms with Crippen LogP contribution in [-0.2, 0) is 6.54 Å². The lowest BCUT2D eigenvalue weighted by Gasteiger charge is -2.24. The number of aromatic nitrogens is 1. The maximum atomic E-state index is 6.28. The summed E-state index contributed by atoms with van der Waals surface area (Å²) in [6, 6.07) is 4.03. The number of nitrogens with one attached hydrogen (secondary N) is 1. The van der Waals surface area contributed by atoms with Gasteiger partial charge in [0.15, 0.2) is 0 Å². The molecule has 1 aliphatic heterocycles. The Morgan fingerprint density at radius 1 is 1.15 bits per heavy atom. The second kappa shape index (κ2) is 6.77. The third-order valence-corrected chi connectivity index (χ3v) is 3.96. The minimum absolute atomic E-state index is 0.0730. The standard InChI is InChI=1S/C16H26ClN3/c1-16(2,3)18-12-14-13(17)8-9-15(19-14)20-10-6-4-5-7-11-20/h8-9,18H,4-7,10-12H2,1-3H3. The lowest BCUT2D eigenvalue weighted by atomic mass is 10.1. The summed E-state index contributed by atoms with van der Waals surface area (Å²) in [5.74, 6) is 1.07. The van der Waals surface area contributed by atoms with Gasteiger partial charge in [-0.25, -0.2) is 4.98 Å². The second-order valence-corrected chi connectivity index (χ2v) is 7.01. The average Bonchev–Trinajstić information content (AvgIpc) is 2.66. The minimum atomic E-state index is 0.0730. The predicted octanol–water partition coefficient (Wildman–Crippen LogP) is 4.00. The third kappa shape index (κ3) is 4.64. The summed E-state index contributed by atoms with van der Waals surface area (Å²) in [4.78, 5) is 7.16. The first-order chi connectivity index (χ1) is 9.46. The fourth-order valence-corrected chi connectivity index (χ4v) is 2.59. The molecule has 112 valence electrons. The molecule has 0 spiro atoms. The number of rotatable bonds is 3. The Bertz CT molecular complexity index is 432. The van der Waals surface area contributed by atoms with Crippen LogP contribution in [0.3, 0.4) is 0 Å². The zero-order valence-corrected chi connectivity index (χ0v) is 13.6. The van der Waals surface area contributed by atoms with Gasteiger partial charge in [0.1, 0.15) is 5.82 Å². The van der Waals surface area contributed by atoms with Gasteiger partial charge in [0.25, 0.3) is 0 Å². The monoisotopic (exact) mass is 295 g/mol. The van der Waals surface area contributed by atoms with Crippen molar-refractivity contribution in [3.8, 4) is 0 Å². The summed E-state index contributed by atoms with van der Waals surface area (Å²) < 4.78 is 0. The highest BCUT2D eigenvalue weighted by atomic mass is 35.5. The molecular weight excluding hydrogens is 270 g/mol. The van der Waals surface area contributed by atoms with E-state index in [1.807, 2.05) is 12.1 Å². The smallest absolute Gasteiger partial charge is 0.128 e. The van der Waals surface area contributed by atoms with E-state index >= 15 is 0 Å². The van der Waals surface area contributed by atoms with E-state index in [1.54, 1.807) is 0 Å². The Morgan fingerprint density at radius 2 is 1.80 bits per heavy atom. The van der Waals surface area contributed by atoms with Crippen molar-refractivity contribution < 1.29 is 0 Å². The highest BCUT2D eigenvalue weighted by molar-refractivity contribution is 6.31. The molecule has 0 atom stereocenters. The summed E-state index contributed by atoms with van der Waals surface area (Å²) in [7, 11) is 0. The molecule has 1 aliphatic rings. The van der Waals surface area contributed by atoms with Gasteiger partial charge in [0.2, 0.25) is 0 Å². The number of halogens is 1. The summed E-state index contributed by atoms with van der Waals surface area (Å²) in [5, 5.41) is 4.21. The Labute approximate surface area is 127 Å². The van der Waals surface area contributed by atoms with Crippen molar-refractivity contribution in [1.29, 1.82) is 0 Å². The average molecular weight is 296 g/mol. The molecule has 0 bridgehead atoms. The summed E-state index contributed by atoms with van der Waals surface area (Å²) in [6.07, 6.45) is 5.20. The van der Waals surface area contributed by atoms with Crippen LogP contribution in [0.25, 0.3) is 0 Å². The highest BCUT2D eigenvalue weighted by Gasteiger charge is 2.15. The minimum Gasteiger partial charge on any atom is -0.357 e. The molecule has 2 heterocycles. The van der Waals surface area contributed by atoms with Crippen LogP contribution in [-0.4, -0.2) is 23.6 Å². The molecule has 0 radical (unpaired) electrons. The first-order valence-corrected chi connectivity index (χ1v) is 7.99. The van der Waals surface area contributed by atoms with Gasteiger partial charge in [-0.15, -0.1) is 0 Å². The van der Waals surface area contributed by atoms with Crippen molar-refractivity contribution in [2.75, 3.05) is 18.0 Å². The van der Waals surface area contributed by atoms with Crippen molar-refractivity contribution in [2.45, 2.75) is 58.5 Å². The number of hydrogen-bond donors (Lipinski definition) is 1. The van der Waals surface area contributed by atoms with E-state index in [1.165, 1.54) is 25.7 Å². The molecule has 20 heavy (non-hydrogen) atoms. The van der Waals surface area contributed by atoms with Crippen molar-refractivity contribution in [3.63, 3.8) is 0 Å². The molecule has 0 unspecified atom stereocenters. The van der Waals surface area contributed by atoms with E-state index < -0.39 is 0 Å². The number of anilines is 1. The normalized spacial score (nSPS) is 17.1. The van der Waals surface area contributed by atoms with Crippen LogP contribution in [0, 0.1) is 0 Å². The Kier molecular flexibility index (Phi) is 5.28. The Hall–Kier alpha value is -0.800. The molecule has 0 saturated carbocycles.